The van der Waals surface area contributed by atoms with Gasteiger partial charge in [0.05, 0.1) is 18.9 Å². The van der Waals surface area contributed by atoms with Crippen molar-refractivity contribution in [1.29, 1.82) is 0 Å². The molecule has 3 aliphatic rings. The number of amides is 1. The first-order chi connectivity index (χ1) is 15.1. The average molecular weight is 426 g/mol. The number of aromatic amines is 1. The fourth-order valence-electron chi connectivity index (χ4n) is 4.73. The first kappa shape index (κ1) is 20.2. The van der Waals surface area contributed by atoms with E-state index in [0.717, 1.165) is 61.7 Å². The molecule has 2 aromatic heterocycles. The molecule has 1 aliphatic carbocycles. The maximum atomic E-state index is 13.2. The van der Waals surface area contributed by atoms with Crippen LogP contribution < -0.4 is 10.2 Å². The monoisotopic (exact) mass is 425 g/mol. The summed E-state index contributed by atoms with van der Waals surface area (Å²) in [6.45, 7) is 7.64. The Hall–Kier alpha value is -2.68. The first-order valence-electron chi connectivity index (χ1n) is 11.5. The Morgan fingerprint density at radius 1 is 1.19 bits per heavy atom. The van der Waals surface area contributed by atoms with Gasteiger partial charge in [0.1, 0.15) is 11.9 Å². The summed E-state index contributed by atoms with van der Waals surface area (Å²) in [5.74, 6) is 2.81. The van der Waals surface area contributed by atoms with Crippen LogP contribution in [0.15, 0.2) is 6.07 Å². The second-order valence-electron chi connectivity index (χ2n) is 8.93. The molecule has 2 N–H and O–H groups in total. The van der Waals surface area contributed by atoms with E-state index in [1.165, 1.54) is 5.56 Å². The number of rotatable bonds is 5. The van der Waals surface area contributed by atoms with Crippen molar-refractivity contribution < 1.29 is 9.53 Å². The Morgan fingerprint density at radius 2 is 2.03 bits per heavy atom. The minimum absolute atomic E-state index is 0.174. The van der Waals surface area contributed by atoms with E-state index in [0.29, 0.717) is 38.2 Å². The maximum absolute atomic E-state index is 13.2. The third kappa shape index (κ3) is 3.98. The van der Waals surface area contributed by atoms with Crippen molar-refractivity contribution in [2.45, 2.75) is 57.9 Å². The largest absolute Gasteiger partial charge is 0.378 e. The standard InChI is InChI=1S/C22H31N7O2/c1-14(2)17-13-19(27-26-17)24-20-15-5-3-6-16(15)23-22(25-20)29-8-4-7-18(29)21(30)28-9-11-31-12-10-28/h13-14,18H,3-12H2,1-2H3,(H2,23,24,25,26,27). The molecule has 1 amide bonds. The molecule has 2 fully saturated rings. The van der Waals surface area contributed by atoms with Crippen LogP contribution in [-0.4, -0.2) is 69.9 Å². The predicted molar refractivity (Wildman–Crippen MR) is 118 cm³/mol. The Balaban J connectivity index is 1.42. The SMILES string of the molecule is CC(C)c1cc(Nc2nc(N3CCCC3C(=O)N3CCOCC3)nc3c2CCC3)n[nH]1. The van der Waals surface area contributed by atoms with Gasteiger partial charge in [0.2, 0.25) is 11.9 Å². The molecule has 0 saturated carbocycles. The van der Waals surface area contributed by atoms with E-state index in [1.807, 2.05) is 11.0 Å². The lowest BCUT2D eigenvalue weighted by molar-refractivity contribution is -0.136. The fraction of sp³-hybridized carbons (Fsp3) is 0.636. The third-order valence-corrected chi connectivity index (χ3v) is 6.50. The molecule has 1 unspecified atom stereocenters. The van der Waals surface area contributed by atoms with E-state index in [2.05, 4.69) is 34.3 Å². The first-order valence-corrected chi connectivity index (χ1v) is 11.5. The number of carbonyl (C=O) groups excluding carboxylic acids is 1. The van der Waals surface area contributed by atoms with E-state index in [-0.39, 0.29) is 11.9 Å². The summed E-state index contributed by atoms with van der Waals surface area (Å²) < 4.78 is 5.41. The summed E-state index contributed by atoms with van der Waals surface area (Å²) in [6.07, 6.45) is 4.82. The number of aromatic nitrogens is 4. The molecule has 2 aliphatic heterocycles. The molecule has 166 valence electrons. The summed E-state index contributed by atoms with van der Waals surface area (Å²) >= 11 is 0. The molecule has 5 rings (SSSR count). The number of aryl methyl sites for hydroxylation is 1. The molecule has 1 atom stereocenters. The Kier molecular flexibility index (Phi) is 5.52. The van der Waals surface area contributed by atoms with Gasteiger partial charge in [-0.05, 0) is 38.0 Å². The van der Waals surface area contributed by atoms with Gasteiger partial charge in [-0.3, -0.25) is 9.89 Å². The van der Waals surface area contributed by atoms with E-state index in [9.17, 15) is 4.79 Å². The Bertz CT molecular complexity index is 951. The van der Waals surface area contributed by atoms with Crippen molar-refractivity contribution >= 4 is 23.5 Å². The molecule has 0 radical (unpaired) electrons. The average Bonchev–Trinajstić information content (AvgIpc) is 3.53. The number of fused-ring (bicyclic) bond motifs is 1. The molecule has 0 bridgehead atoms. The van der Waals surface area contributed by atoms with Gasteiger partial charge in [-0.2, -0.15) is 10.1 Å². The zero-order chi connectivity index (χ0) is 21.4. The molecule has 0 aromatic carbocycles. The van der Waals surface area contributed by atoms with Crippen LogP contribution in [-0.2, 0) is 22.4 Å². The van der Waals surface area contributed by atoms with Crippen molar-refractivity contribution in [2.24, 2.45) is 0 Å². The number of ether oxygens (including phenoxy) is 1. The lowest BCUT2D eigenvalue weighted by atomic mass is 10.1. The number of carbonyl (C=O) groups is 1. The highest BCUT2D eigenvalue weighted by Gasteiger charge is 2.36. The van der Waals surface area contributed by atoms with Crippen LogP contribution in [0.2, 0.25) is 0 Å². The zero-order valence-corrected chi connectivity index (χ0v) is 18.4. The highest BCUT2D eigenvalue weighted by Crippen LogP contribution is 2.33. The maximum Gasteiger partial charge on any atom is 0.245 e. The highest BCUT2D eigenvalue weighted by atomic mass is 16.5. The lowest BCUT2D eigenvalue weighted by Gasteiger charge is -2.32. The fourth-order valence-corrected chi connectivity index (χ4v) is 4.73. The summed E-state index contributed by atoms with van der Waals surface area (Å²) in [5, 5.41) is 10.9. The van der Waals surface area contributed by atoms with Crippen LogP contribution in [0.5, 0.6) is 0 Å². The normalized spacial score (nSPS) is 21.1. The quantitative estimate of drug-likeness (QED) is 0.759. The van der Waals surface area contributed by atoms with Crippen LogP contribution in [0.3, 0.4) is 0 Å². The number of hydrogen-bond acceptors (Lipinski definition) is 7. The van der Waals surface area contributed by atoms with Crippen molar-refractivity contribution in [3.63, 3.8) is 0 Å². The van der Waals surface area contributed by atoms with Crippen molar-refractivity contribution in [1.82, 2.24) is 25.1 Å². The van der Waals surface area contributed by atoms with Crippen molar-refractivity contribution in [3.8, 4) is 0 Å². The van der Waals surface area contributed by atoms with E-state index in [1.54, 1.807) is 0 Å². The number of hydrogen-bond donors (Lipinski definition) is 2. The minimum atomic E-state index is -0.191. The number of nitrogens with one attached hydrogen (secondary N) is 2. The lowest BCUT2D eigenvalue weighted by Crippen LogP contribution is -2.50. The molecule has 9 heteroatoms. The van der Waals surface area contributed by atoms with Gasteiger partial charge in [0, 0.05) is 37.0 Å². The zero-order valence-electron chi connectivity index (χ0n) is 18.4. The van der Waals surface area contributed by atoms with Gasteiger partial charge < -0.3 is 19.9 Å². The summed E-state index contributed by atoms with van der Waals surface area (Å²) in [6, 6.07) is 1.84. The highest BCUT2D eigenvalue weighted by molar-refractivity contribution is 5.85. The summed E-state index contributed by atoms with van der Waals surface area (Å²) in [7, 11) is 0. The molecular formula is C22H31N7O2. The summed E-state index contributed by atoms with van der Waals surface area (Å²) in [4.78, 5) is 27.0. The number of anilines is 3. The van der Waals surface area contributed by atoms with E-state index >= 15 is 0 Å². The van der Waals surface area contributed by atoms with Gasteiger partial charge in [0.15, 0.2) is 5.82 Å². The molecule has 4 heterocycles. The molecule has 0 spiro atoms. The third-order valence-electron chi connectivity index (χ3n) is 6.50. The second-order valence-corrected chi connectivity index (χ2v) is 8.93. The number of nitrogens with zero attached hydrogens (tertiary/aromatic N) is 5. The van der Waals surface area contributed by atoms with Gasteiger partial charge in [0.25, 0.3) is 0 Å². The van der Waals surface area contributed by atoms with Gasteiger partial charge in [-0.15, -0.1) is 0 Å². The minimum Gasteiger partial charge on any atom is -0.378 e. The topological polar surface area (TPSA) is 99.3 Å². The van der Waals surface area contributed by atoms with Crippen LogP contribution in [0.25, 0.3) is 0 Å². The second kappa shape index (κ2) is 8.45. The Morgan fingerprint density at radius 3 is 2.81 bits per heavy atom. The van der Waals surface area contributed by atoms with Gasteiger partial charge >= 0.3 is 0 Å². The van der Waals surface area contributed by atoms with E-state index < -0.39 is 0 Å². The van der Waals surface area contributed by atoms with Crippen LogP contribution in [0.4, 0.5) is 17.6 Å². The molecular weight excluding hydrogens is 394 g/mol. The Labute approximate surface area is 182 Å². The van der Waals surface area contributed by atoms with E-state index in [4.69, 9.17) is 14.7 Å². The van der Waals surface area contributed by atoms with Crippen molar-refractivity contribution in [2.75, 3.05) is 43.1 Å². The predicted octanol–water partition coefficient (Wildman–Crippen LogP) is 2.38. The van der Waals surface area contributed by atoms with Crippen molar-refractivity contribution in [3.05, 3.63) is 23.0 Å². The molecule has 2 saturated heterocycles. The number of morpholine rings is 1. The van der Waals surface area contributed by atoms with Gasteiger partial charge in [-0.25, -0.2) is 4.98 Å². The smallest absolute Gasteiger partial charge is 0.245 e. The van der Waals surface area contributed by atoms with Crippen LogP contribution >= 0.6 is 0 Å². The molecule has 2 aromatic rings. The number of H-pyrrole nitrogens is 1. The van der Waals surface area contributed by atoms with Gasteiger partial charge in [-0.1, -0.05) is 13.8 Å². The van der Waals surface area contributed by atoms with Crippen LogP contribution in [0, 0.1) is 0 Å². The summed E-state index contributed by atoms with van der Waals surface area (Å²) in [5.41, 5.74) is 3.36. The molecule has 9 nitrogen and oxygen atoms in total. The van der Waals surface area contributed by atoms with Crippen LogP contribution in [0.1, 0.15) is 56.0 Å². The molecule has 31 heavy (non-hydrogen) atoms.